The maximum atomic E-state index is 13.0. The molecular formula is C13H18BrFN2S. The predicted octanol–water partition coefficient (Wildman–Crippen LogP) is 3.25. The summed E-state index contributed by atoms with van der Waals surface area (Å²) < 4.78 is 13.9. The Morgan fingerprint density at radius 1 is 1.50 bits per heavy atom. The minimum atomic E-state index is -0.213. The van der Waals surface area contributed by atoms with E-state index in [-0.39, 0.29) is 11.9 Å². The third kappa shape index (κ3) is 3.70. The van der Waals surface area contributed by atoms with Gasteiger partial charge in [0.25, 0.3) is 0 Å². The van der Waals surface area contributed by atoms with Gasteiger partial charge in [-0.1, -0.05) is 28.4 Å². The van der Waals surface area contributed by atoms with Gasteiger partial charge in [-0.15, -0.1) is 0 Å². The minimum Gasteiger partial charge on any atom is -0.271 e. The summed E-state index contributed by atoms with van der Waals surface area (Å²) in [5, 5.41) is 0.556. The molecule has 100 valence electrons. The molecule has 0 aromatic heterocycles. The molecule has 18 heavy (non-hydrogen) atoms. The Hall–Kier alpha value is -0.100. The van der Waals surface area contributed by atoms with Crippen molar-refractivity contribution >= 4 is 27.7 Å². The van der Waals surface area contributed by atoms with Crippen molar-refractivity contribution in [2.75, 3.05) is 5.75 Å². The van der Waals surface area contributed by atoms with Crippen molar-refractivity contribution in [3.05, 3.63) is 34.1 Å². The van der Waals surface area contributed by atoms with Gasteiger partial charge in [-0.05, 0) is 42.7 Å². The summed E-state index contributed by atoms with van der Waals surface area (Å²) in [6.45, 7) is 0. The molecule has 2 atom stereocenters. The highest BCUT2D eigenvalue weighted by Gasteiger charge is 2.24. The molecule has 2 rings (SSSR count). The van der Waals surface area contributed by atoms with Crippen LogP contribution in [0.4, 0.5) is 4.39 Å². The number of hydrogen-bond donors (Lipinski definition) is 2. The number of halogens is 2. The second kappa shape index (κ2) is 6.89. The lowest BCUT2D eigenvalue weighted by atomic mass is 10.00. The highest BCUT2D eigenvalue weighted by atomic mass is 79.9. The fraction of sp³-hybridized carbons (Fsp3) is 0.538. The van der Waals surface area contributed by atoms with Gasteiger partial charge in [0.05, 0.1) is 0 Å². The first-order valence-electron chi connectivity index (χ1n) is 6.22. The molecule has 1 aliphatic rings. The van der Waals surface area contributed by atoms with Crippen LogP contribution < -0.4 is 11.3 Å². The highest BCUT2D eigenvalue weighted by molar-refractivity contribution is 9.10. The lowest BCUT2D eigenvalue weighted by molar-refractivity contribution is 0.471. The molecule has 1 aromatic rings. The van der Waals surface area contributed by atoms with E-state index in [9.17, 15) is 4.39 Å². The molecule has 0 spiro atoms. The quantitative estimate of drug-likeness (QED) is 0.656. The summed E-state index contributed by atoms with van der Waals surface area (Å²) in [7, 11) is 0. The number of hydrogen-bond acceptors (Lipinski definition) is 3. The number of nitrogens with two attached hydrogens (primary N) is 1. The number of rotatable bonds is 4. The standard InChI is InChI=1S/C13H18BrFN2S/c14-11-8-10(15)5-4-9(11)7-12(17-16)13-3-1-2-6-18-13/h4-5,8,12-13,17H,1-3,6-7,16H2. The Balaban J connectivity index is 2.04. The smallest absolute Gasteiger partial charge is 0.124 e. The molecule has 0 bridgehead atoms. The second-order valence-electron chi connectivity index (χ2n) is 4.62. The number of nitrogens with one attached hydrogen (secondary N) is 1. The fourth-order valence-corrected chi connectivity index (χ4v) is 4.23. The van der Waals surface area contributed by atoms with Gasteiger partial charge in [-0.3, -0.25) is 11.3 Å². The van der Waals surface area contributed by atoms with Crippen LogP contribution >= 0.6 is 27.7 Å². The van der Waals surface area contributed by atoms with Gasteiger partial charge in [-0.2, -0.15) is 11.8 Å². The zero-order valence-electron chi connectivity index (χ0n) is 10.2. The Morgan fingerprint density at radius 3 is 2.94 bits per heavy atom. The van der Waals surface area contributed by atoms with Crippen LogP contribution in [0.2, 0.25) is 0 Å². The first-order valence-corrected chi connectivity index (χ1v) is 8.06. The Kier molecular flexibility index (Phi) is 5.48. The van der Waals surface area contributed by atoms with Gasteiger partial charge < -0.3 is 0 Å². The third-order valence-electron chi connectivity index (χ3n) is 3.33. The topological polar surface area (TPSA) is 38.0 Å². The van der Waals surface area contributed by atoms with Crippen LogP contribution in [0.1, 0.15) is 24.8 Å². The molecule has 2 nitrogen and oxygen atoms in total. The maximum absolute atomic E-state index is 13.0. The molecule has 1 aromatic carbocycles. The average molecular weight is 333 g/mol. The average Bonchev–Trinajstić information content (AvgIpc) is 2.39. The van der Waals surface area contributed by atoms with E-state index in [1.807, 2.05) is 17.8 Å². The summed E-state index contributed by atoms with van der Waals surface area (Å²) in [5.74, 6) is 6.68. The molecular weight excluding hydrogens is 315 g/mol. The van der Waals surface area contributed by atoms with Crippen LogP contribution in [0, 0.1) is 5.82 Å². The van der Waals surface area contributed by atoms with E-state index in [1.54, 1.807) is 0 Å². The first-order chi connectivity index (χ1) is 8.70. The van der Waals surface area contributed by atoms with E-state index in [0.717, 1.165) is 16.5 Å². The van der Waals surface area contributed by atoms with Crippen LogP contribution in [0.3, 0.4) is 0 Å². The number of benzene rings is 1. The largest absolute Gasteiger partial charge is 0.271 e. The van der Waals surface area contributed by atoms with E-state index in [2.05, 4.69) is 21.4 Å². The van der Waals surface area contributed by atoms with Crippen molar-refractivity contribution in [2.24, 2.45) is 5.84 Å². The van der Waals surface area contributed by atoms with Crippen molar-refractivity contribution in [1.29, 1.82) is 0 Å². The van der Waals surface area contributed by atoms with E-state index in [0.29, 0.717) is 5.25 Å². The normalized spacial score (nSPS) is 21.8. The molecule has 0 aliphatic carbocycles. The van der Waals surface area contributed by atoms with Crippen molar-refractivity contribution in [2.45, 2.75) is 37.0 Å². The van der Waals surface area contributed by atoms with Gasteiger partial charge in [0.15, 0.2) is 0 Å². The molecule has 1 saturated heterocycles. The molecule has 3 N–H and O–H groups in total. The van der Waals surface area contributed by atoms with E-state index in [4.69, 9.17) is 5.84 Å². The summed E-state index contributed by atoms with van der Waals surface area (Å²) in [5.41, 5.74) is 4.03. The number of thioether (sulfide) groups is 1. The van der Waals surface area contributed by atoms with Gasteiger partial charge in [0, 0.05) is 15.8 Å². The Morgan fingerprint density at radius 2 is 2.33 bits per heavy atom. The van der Waals surface area contributed by atoms with E-state index in [1.165, 1.54) is 37.1 Å². The summed E-state index contributed by atoms with van der Waals surface area (Å²) in [6.07, 6.45) is 4.62. The van der Waals surface area contributed by atoms with Crippen LogP contribution in [-0.4, -0.2) is 17.0 Å². The van der Waals surface area contributed by atoms with E-state index >= 15 is 0 Å². The molecule has 0 amide bonds. The minimum absolute atomic E-state index is 0.213. The van der Waals surface area contributed by atoms with Crippen LogP contribution in [0.5, 0.6) is 0 Å². The SMILES string of the molecule is NNC(Cc1ccc(F)cc1Br)C1CCCCS1. The molecule has 5 heteroatoms. The fourth-order valence-electron chi connectivity index (χ4n) is 2.30. The lowest BCUT2D eigenvalue weighted by Crippen LogP contribution is -2.45. The van der Waals surface area contributed by atoms with Crippen molar-refractivity contribution in [1.82, 2.24) is 5.43 Å². The zero-order chi connectivity index (χ0) is 13.0. The second-order valence-corrected chi connectivity index (χ2v) is 6.82. The van der Waals surface area contributed by atoms with Gasteiger partial charge in [0.1, 0.15) is 5.82 Å². The summed E-state index contributed by atoms with van der Waals surface area (Å²) in [4.78, 5) is 0. The molecule has 0 saturated carbocycles. The van der Waals surface area contributed by atoms with Crippen molar-refractivity contribution < 1.29 is 4.39 Å². The zero-order valence-corrected chi connectivity index (χ0v) is 12.6. The summed E-state index contributed by atoms with van der Waals surface area (Å²) in [6, 6.07) is 5.09. The highest BCUT2D eigenvalue weighted by Crippen LogP contribution is 2.30. The van der Waals surface area contributed by atoms with Crippen molar-refractivity contribution in [3.8, 4) is 0 Å². The Bertz CT molecular complexity index is 397. The molecule has 1 aliphatic heterocycles. The van der Waals surface area contributed by atoms with Crippen LogP contribution in [-0.2, 0) is 6.42 Å². The third-order valence-corrected chi connectivity index (χ3v) is 5.59. The maximum Gasteiger partial charge on any atom is 0.124 e. The monoisotopic (exact) mass is 332 g/mol. The lowest BCUT2D eigenvalue weighted by Gasteiger charge is -2.29. The summed E-state index contributed by atoms with van der Waals surface area (Å²) >= 11 is 5.41. The first kappa shape index (κ1) is 14.3. The van der Waals surface area contributed by atoms with Gasteiger partial charge in [-0.25, -0.2) is 4.39 Å². The van der Waals surface area contributed by atoms with Gasteiger partial charge >= 0.3 is 0 Å². The number of hydrazine groups is 1. The molecule has 2 unspecified atom stereocenters. The van der Waals surface area contributed by atoms with Crippen LogP contribution in [0.15, 0.2) is 22.7 Å². The van der Waals surface area contributed by atoms with Crippen molar-refractivity contribution in [3.63, 3.8) is 0 Å². The van der Waals surface area contributed by atoms with Crippen LogP contribution in [0.25, 0.3) is 0 Å². The van der Waals surface area contributed by atoms with Gasteiger partial charge in [0.2, 0.25) is 0 Å². The predicted molar refractivity (Wildman–Crippen MR) is 79.0 cm³/mol. The molecule has 0 radical (unpaired) electrons. The van der Waals surface area contributed by atoms with E-state index < -0.39 is 0 Å². The molecule has 1 heterocycles. The molecule has 1 fully saturated rings. The Labute approximate surface area is 120 Å².